The molecule has 5 heteroatoms. The van der Waals surface area contributed by atoms with Crippen LogP contribution in [0.2, 0.25) is 0 Å². The van der Waals surface area contributed by atoms with Gasteiger partial charge < -0.3 is 5.32 Å². The smallest absolute Gasteiger partial charge is 0.253 e. The summed E-state index contributed by atoms with van der Waals surface area (Å²) in [5.74, 6) is -0.0972. The van der Waals surface area contributed by atoms with Crippen molar-refractivity contribution in [2.45, 2.75) is 18.9 Å². The molecule has 24 heavy (non-hydrogen) atoms. The van der Waals surface area contributed by atoms with Gasteiger partial charge in [-0.15, -0.1) is 0 Å². The second kappa shape index (κ2) is 6.20. The fourth-order valence-electron chi connectivity index (χ4n) is 3.08. The molecule has 3 aromatic rings. The van der Waals surface area contributed by atoms with Crippen LogP contribution >= 0.6 is 0 Å². The molecular formula is C19H16N4O. The third kappa shape index (κ3) is 2.76. The lowest BCUT2D eigenvalue weighted by Gasteiger charge is -2.14. The highest BCUT2D eigenvalue weighted by atomic mass is 16.1. The maximum absolute atomic E-state index is 12.5. The van der Waals surface area contributed by atoms with E-state index in [9.17, 15) is 4.79 Å². The summed E-state index contributed by atoms with van der Waals surface area (Å²) in [6.07, 6.45) is 8.42. The third-order valence-corrected chi connectivity index (χ3v) is 4.32. The van der Waals surface area contributed by atoms with E-state index in [2.05, 4.69) is 32.4 Å². The number of benzene rings is 1. The lowest BCUT2D eigenvalue weighted by Crippen LogP contribution is -2.27. The zero-order chi connectivity index (χ0) is 16.4. The Bertz CT molecular complexity index is 862. The van der Waals surface area contributed by atoms with Crippen molar-refractivity contribution in [1.29, 1.82) is 0 Å². The summed E-state index contributed by atoms with van der Waals surface area (Å²) in [6.45, 7) is 0. The van der Waals surface area contributed by atoms with Crippen LogP contribution in [-0.4, -0.2) is 20.9 Å². The molecule has 1 aliphatic carbocycles. The van der Waals surface area contributed by atoms with Crippen molar-refractivity contribution < 1.29 is 4.79 Å². The fraction of sp³-hybridized carbons (Fsp3) is 0.158. The highest BCUT2D eigenvalue weighted by molar-refractivity contribution is 5.94. The molecule has 0 aliphatic heterocycles. The van der Waals surface area contributed by atoms with Crippen LogP contribution in [0.5, 0.6) is 0 Å². The first kappa shape index (κ1) is 14.5. The Balaban J connectivity index is 1.50. The number of pyridine rings is 1. The molecular weight excluding hydrogens is 300 g/mol. The van der Waals surface area contributed by atoms with Gasteiger partial charge >= 0.3 is 0 Å². The summed E-state index contributed by atoms with van der Waals surface area (Å²) in [7, 11) is 0. The number of carbonyl (C=O) groups excluding carboxylic acids is 1. The van der Waals surface area contributed by atoms with Crippen LogP contribution in [0.15, 0.2) is 61.3 Å². The predicted octanol–water partition coefficient (Wildman–Crippen LogP) is 2.96. The van der Waals surface area contributed by atoms with Crippen molar-refractivity contribution in [2.24, 2.45) is 0 Å². The molecule has 0 radical (unpaired) electrons. The molecule has 0 saturated carbocycles. The molecule has 1 aliphatic rings. The first-order valence-corrected chi connectivity index (χ1v) is 7.91. The van der Waals surface area contributed by atoms with E-state index < -0.39 is 0 Å². The molecule has 1 atom stereocenters. The summed E-state index contributed by atoms with van der Waals surface area (Å²) in [5.41, 5.74) is 4.67. The largest absolute Gasteiger partial charge is 0.345 e. The number of nitrogens with one attached hydrogen (secondary N) is 1. The van der Waals surface area contributed by atoms with E-state index in [0.29, 0.717) is 5.56 Å². The third-order valence-electron chi connectivity index (χ3n) is 4.32. The molecule has 1 N–H and O–H groups in total. The standard InChI is InChI=1S/C19H16N4O/c24-19(23-18-8-5-13-3-1-2-4-16(13)18)14-6-7-17(22-11-14)15-9-20-12-21-10-15/h1-4,6-7,9-12,18H,5,8H2,(H,23,24)/t18-/m0/s1. The molecule has 0 saturated heterocycles. The van der Waals surface area contributed by atoms with Gasteiger partial charge in [-0.2, -0.15) is 0 Å². The van der Waals surface area contributed by atoms with Gasteiger partial charge in [0.05, 0.1) is 17.3 Å². The van der Waals surface area contributed by atoms with Crippen LogP contribution in [0.4, 0.5) is 0 Å². The number of hydrogen-bond donors (Lipinski definition) is 1. The zero-order valence-electron chi connectivity index (χ0n) is 13.0. The van der Waals surface area contributed by atoms with Gasteiger partial charge in [0, 0.05) is 24.2 Å². The summed E-state index contributed by atoms with van der Waals surface area (Å²) in [5, 5.41) is 3.11. The Labute approximate surface area is 139 Å². The average Bonchev–Trinajstić information content (AvgIpc) is 3.06. The normalized spacial score (nSPS) is 15.8. The summed E-state index contributed by atoms with van der Waals surface area (Å²) >= 11 is 0. The van der Waals surface area contributed by atoms with E-state index >= 15 is 0 Å². The molecule has 118 valence electrons. The van der Waals surface area contributed by atoms with Crippen molar-refractivity contribution >= 4 is 5.91 Å². The second-order valence-electron chi connectivity index (χ2n) is 5.82. The molecule has 0 bridgehead atoms. The Morgan fingerprint density at radius 1 is 1.04 bits per heavy atom. The zero-order valence-corrected chi connectivity index (χ0v) is 13.0. The molecule has 2 heterocycles. The summed E-state index contributed by atoms with van der Waals surface area (Å²) in [4.78, 5) is 24.8. The number of rotatable bonds is 3. The Hall–Kier alpha value is -3.08. The van der Waals surface area contributed by atoms with Crippen molar-refractivity contribution in [3.63, 3.8) is 0 Å². The van der Waals surface area contributed by atoms with E-state index in [1.807, 2.05) is 18.2 Å². The van der Waals surface area contributed by atoms with Gasteiger partial charge in [-0.3, -0.25) is 9.78 Å². The van der Waals surface area contributed by atoms with Gasteiger partial charge in [-0.25, -0.2) is 9.97 Å². The first-order chi connectivity index (χ1) is 11.8. The van der Waals surface area contributed by atoms with Gasteiger partial charge in [-0.05, 0) is 36.1 Å². The maximum Gasteiger partial charge on any atom is 0.253 e. The fourth-order valence-corrected chi connectivity index (χ4v) is 3.08. The van der Waals surface area contributed by atoms with Crippen molar-refractivity contribution in [3.8, 4) is 11.3 Å². The number of carbonyl (C=O) groups is 1. The van der Waals surface area contributed by atoms with Gasteiger partial charge in [0.15, 0.2) is 0 Å². The second-order valence-corrected chi connectivity index (χ2v) is 5.82. The highest BCUT2D eigenvalue weighted by Gasteiger charge is 2.23. The Kier molecular flexibility index (Phi) is 3.75. The average molecular weight is 316 g/mol. The van der Waals surface area contributed by atoms with E-state index in [-0.39, 0.29) is 11.9 Å². The number of nitrogens with zero attached hydrogens (tertiary/aromatic N) is 3. The van der Waals surface area contributed by atoms with Crippen LogP contribution < -0.4 is 5.32 Å². The molecule has 4 rings (SSSR count). The molecule has 2 aromatic heterocycles. The van der Waals surface area contributed by atoms with Gasteiger partial charge in [0.1, 0.15) is 6.33 Å². The molecule has 1 amide bonds. The van der Waals surface area contributed by atoms with Crippen molar-refractivity contribution in [2.75, 3.05) is 0 Å². The number of aromatic nitrogens is 3. The van der Waals surface area contributed by atoms with Crippen LogP contribution in [0, 0.1) is 0 Å². The predicted molar refractivity (Wildman–Crippen MR) is 90.2 cm³/mol. The molecule has 1 aromatic carbocycles. The van der Waals surface area contributed by atoms with Gasteiger partial charge in [0.2, 0.25) is 0 Å². The minimum absolute atomic E-state index is 0.0795. The maximum atomic E-state index is 12.5. The monoisotopic (exact) mass is 316 g/mol. The minimum Gasteiger partial charge on any atom is -0.345 e. The number of aryl methyl sites for hydroxylation is 1. The highest BCUT2D eigenvalue weighted by Crippen LogP contribution is 2.30. The van der Waals surface area contributed by atoms with E-state index in [0.717, 1.165) is 24.1 Å². The van der Waals surface area contributed by atoms with Crippen molar-refractivity contribution in [3.05, 3.63) is 78.0 Å². The molecule has 5 nitrogen and oxygen atoms in total. The topological polar surface area (TPSA) is 67.8 Å². The quantitative estimate of drug-likeness (QED) is 0.806. The molecule has 0 fully saturated rings. The summed E-state index contributed by atoms with van der Waals surface area (Å²) < 4.78 is 0. The lowest BCUT2D eigenvalue weighted by molar-refractivity contribution is 0.0936. The van der Waals surface area contributed by atoms with E-state index in [4.69, 9.17) is 0 Å². The Morgan fingerprint density at radius 2 is 1.88 bits per heavy atom. The van der Waals surface area contributed by atoms with Crippen LogP contribution in [0.3, 0.4) is 0 Å². The van der Waals surface area contributed by atoms with Gasteiger partial charge in [0.25, 0.3) is 5.91 Å². The Morgan fingerprint density at radius 3 is 2.67 bits per heavy atom. The number of fused-ring (bicyclic) bond motifs is 1. The molecule has 0 unspecified atom stereocenters. The van der Waals surface area contributed by atoms with Crippen LogP contribution in [0.25, 0.3) is 11.3 Å². The number of amides is 1. The minimum atomic E-state index is -0.0972. The van der Waals surface area contributed by atoms with Crippen molar-refractivity contribution in [1.82, 2.24) is 20.3 Å². The lowest BCUT2D eigenvalue weighted by atomic mass is 10.1. The van der Waals surface area contributed by atoms with Crippen LogP contribution in [-0.2, 0) is 6.42 Å². The molecule has 0 spiro atoms. The first-order valence-electron chi connectivity index (χ1n) is 7.91. The van der Waals surface area contributed by atoms with E-state index in [1.165, 1.54) is 17.5 Å². The number of hydrogen-bond acceptors (Lipinski definition) is 4. The SMILES string of the molecule is O=C(N[C@H]1CCc2ccccc21)c1ccc(-c2cncnc2)nc1. The van der Waals surface area contributed by atoms with Crippen LogP contribution in [0.1, 0.15) is 33.9 Å². The van der Waals surface area contributed by atoms with Gasteiger partial charge in [-0.1, -0.05) is 24.3 Å². The van der Waals surface area contributed by atoms with E-state index in [1.54, 1.807) is 24.7 Å². The summed E-state index contributed by atoms with van der Waals surface area (Å²) in [6, 6.07) is 11.9.